The molecule has 0 aromatic carbocycles. The summed E-state index contributed by atoms with van der Waals surface area (Å²) in [6, 6.07) is 0.763. The molecule has 0 radical (unpaired) electrons. The van der Waals surface area contributed by atoms with Gasteiger partial charge in [0, 0.05) is 19.1 Å². The second-order valence-corrected chi connectivity index (χ2v) is 7.49. The molecule has 0 aliphatic carbocycles. The first kappa shape index (κ1) is 16.3. The summed E-state index contributed by atoms with van der Waals surface area (Å²) in [5.41, 5.74) is 0. The lowest BCUT2D eigenvalue weighted by atomic mass is 10.0. The smallest absolute Gasteiger partial charge is 0.00915 e. The zero-order chi connectivity index (χ0) is 14.4. The van der Waals surface area contributed by atoms with Crippen LogP contribution in [0.1, 0.15) is 46.5 Å². The Bertz CT molecular complexity index is 253. The van der Waals surface area contributed by atoms with Crippen LogP contribution in [0.2, 0.25) is 0 Å². The molecule has 0 spiro atoms. The Morgan fingerprint density at radius 2 is 1.50 bits per heavy atom. The van der Waals surface area contributed by atoms with Crippen molar-refractivity contribution in [2.45, 2.75) is 52.5 Å². The van der Waals surface area contributed by atoms with E-state index in [-0.39, 0.29) is 0 Å². The van der Waals surface area contributed by atoms with Crippen LogP contribution in [0.5, 0.6) is 0 Å². The molecule has 3 nitrogen and oxygen atoms in total. The number of nitrogens with zero attached hydrogens (tertiary/aromatic N) is 2. The average molecular weight is 281 g/mol. The van der Waals surface area contributed by atoms with E-state index >= 15 is 0 Å². The molecule has 1 atom stereocenters. The molecule has 0 amide bonds. The molecule has 0 aromatic rings. The number of rotatable bonds is 7. The summed E-state index contributed by atoms with van der Waals surface area (Å²) in [5.74, 6) is 1.60. The van der Waals surface area contributed by atoms with Gasteiger partial charge >= 0.3 is 0 Å². The maximum atomic E-state index is 3.82. The highest BCUT2D eigenvalue weighted by Gasteiger charge is 2.20. The van der Waals surface area contributed by atoms with Gasteiger partial charge in [0.25, 0.3) is 0 Å². The summed E-state index contributed by atoms with van der Waals surface area (Å²) in [6.07, 6.45) is 5.50. The zero-order valence-corrected chi connectivity index (χ0v) is 13.9. The van der Waals surface area contributed by atoms with E-state index in [9.17, 15) is 0 Å². The fraction of sp³-hybridized carbons (Fsp3) is 1.00. The molecule has 2 saturated heterocycles. The van der Waals surface area contributed by atoms with Crippen LogP contribution in [0.15, 0.2) is 0 Å². The third-order valence-electron chi connectivity index (χ3n) is 4.73. The van der Waals surface area contributed by atoms with Crippen LogP contribution >= 0.6 is 0 Å². The maximum Gasteiger partial charge on any atom is 0.00915 e. The molecular weight excluding hydrogens is 246 g/mol. The van der Waals surface area contributed by atoms with Gasteiger partial charge < -0.3 is 15.1 Å². The summed E-state index contributed by atoms with van der Waals surface area (Å²) in [7, 11) is 0. The molecule has 0 saturated carbocycles. The van der Waals surface area contributed by atoms with Gasteiger partial charge in [-0.15, -0.1) is 0 Å². The van der Waals surface area contributed by atoms with Crippen LogP contribution in [-0.2, 0) is 0 Å². The van der Waals surface area contributed by atoms with Gasteiger partial charge in [0.1, 0.15) is 0 Å². The van der Waals surface area contributed by atoms with Crippen molar-refractivity contribution in [2.24, 2.45) is 11.8 Å². The third kappa shape index (κ3) is 5.71. The fourth-order valence-electron chi connectivity index (χ4n) is 3.67. The monoisotopic (exact) mass is 281 g/mol. The summed E-state index contributed by atoms with van der Waals surface area (Å²) >= 11 is 0. The first-order valence-corrected chi connectivity index (χ1v) is 8.81. The van der Waals surface area contributed by atoms with Gasteiger partial charge in [-0.1, -0.05) is 20.8 Å². The van der Waals surface area contributed by atoms with Crippen molar-refractivity contribution in [3.8, 4) is 0 Å². The second kappa shape index (κ2) is 8.35. The fourth-order valence-corrected chi connectivity index (χ4v) is 3.67. The number of hydrogen-bond donors (Lipinski definition) is 1. The molecule has 2 aliphatic heterocycles. The molecule has 2 aliphatic rings. The Labute approximate surface area is 126 Å². The summed E-state index contributed by atoms with van der Waals surface area (Å²) in [4.78, 5) is 5.27. The van der Waals surface area contributed by atoms with Gasteiger partial charge in [0.05, 0.1) is 0 Å². The van der Waals surface area contributed by atoms with Crippen LogP contribution in [0, 0.1) is 11.8 Å². The van der Waals surface area contributed by atoms with Crippen molar-refractivity contribution in [1.29, 1.82) is 0 Å². The minimum absolute atomic E-state index is 0.763. The second-order valence-electron chi connectivity index (χ2n) is 7.49. The number of nitrogens with one attached hydrogen (secondary N) is 1. The first-order chi connectivity index (χ1) is 9.63. The van der Waals surface area contributed by atoms with Crippen LogP contribution in [-0.4, -0.2) is 61.7 Å². The number of piperidine rings is 1. The molecule has 0 bridgehead atoms. The van der Waals surface area contributed by atoms with Gasteiger partial charge in [-0.2, -0.15) is 0 Å². The van der Waals surface area contributed by atoms with E-state index in [0.717, 1.165) is 17.9 Å². The highest BCUT2D eigenvalue weighted by Crippen LogP contribution is 2.13. The lowest BCUT2D eigenvalue weighted by Crippen LogP contribution is -2.45. The molecule has 1 unspecified atom stereocenters. The molecule has 2 heterocycles. The predicted molar refractivity (Wildman–Crippen MR) is 87.1 cm³/mol. The minimum atomic E-state index is 0.763. The Morgan fingerprint density at radius 3 is 2.10 bits per heavy atom. The van der Waals surface area contributed by atoms with E-state index in [1.165, 1.54) is 71.5 Å². The summed E-state index contributed by atoms with van der Waals surface area (Å²) in [6.45, 7) is 16.1. The Balaban J connectivity index is 1.56. The van der Waals surface area contributed by atoms with Gasteiger partial charge in [0.2, 0.25) is 0 Å². The van der Waals surface area contributed by atoms with Crippen molar-refractivity contribution in [2.75, 3.05) is 45.8 Å². The average Bonchev–Trinajstić information content (AvgIpc) is 2.90. The lowest BCUT2D eigenvalue weighted by molar-refractivity contribution is 0.175. The van der Waals surface area contributed by atoms with Crippen LogP contribution in [0.4, 0.5) is 0 Å². The quantitative estimate of drug-likeness (QED) is 0.773. The van der Waals surface area contributed by atoms with Crippen LogP contribution in [0.25, 0.3) is 0 Å². The summed E-state index contributed by atoms with van der Waals surface area (Å²) in [5, 5.41) is 3.82. The Hall–Kier alpha value is -0.120. The molecule has 3 heteroatoms. The number of likely N-dealkylation sites (tertiary alicyclic amines) is 2. The van der Waals surface area contributed by atoms with Gasteiger partial charge in [-0.25, -0.2) is 0 Å². The predicted octanol–water partition coefficient (Wildman–Crippen LogP) is 2.43. The van der Waals surface area contributed by atoms with E-state index in [1.54, 1.807) is 0 Å². The third-order valence-corrected chi connectivity index (χ3v) is 4.73. The molecular formula is C17H35N3. The minimum Gasteiger partial charge on any atom is -0.314 e. The highest BCUT2D eigenvalue weighted by molar-refractivity contribution is 4.79. The first-order valence-electron chi connectivity index (χ1n) is 8.81. The van der Waals surface area contributed by atoms with Gasteiger partial charge in [-0.05, 0) is 70.2 Å². The highest BCUT2D eigenvalue weighted by atomic mass is 15.2. The van der Waals surface area contributed by atoms with E-state index in [1.807, 2.05) is 0 Å². The van der Waals surface area contributed by atoms with E-state index < -0.39 is 0 Å². The maximum absolute atomic E-state index is 3.82. The van der Waals surface area contributed by atoms with Crippen molar-refractivity contribution in [3.05, 3.63) is 0 Å². The van der Waals surface area contributed by atoms with E-state index in [2.05, 4.69) is 35.9 Å². The van der Waals surface area contributed by atoms with Crippen molar-refractivity contribution in [3.63, 3.8) is 0 Å². The van der Waals surface area contributed by atoms with E-state index in [0.29, 0.717) is 0 Å². The molecule has 2 rings (SSSR count). The molecule has 20 heavy (non-hydrogen) atoms. The largest absolute Gasteiger partial charge is 0.314 e. The molecule has 1 N–H and O–H groups in total. The standard InChI is InChI=1S/C17H35N3/c1-15(2)13-20-10-6-17(7-11-20)18-12-16(3)14-19-8-4-5-9-19/h15-18H,4-14H2,1-3H3. The number of hydrogen-bond acceptors (Lipinski definition) is 3. The molecule has 0 aromatic heterocycles. The Morgan fingerprint density at radius 1 is 0.900 bits per heavy atom. The normalized spacial score (nSPS) is 24.6. The zero-order valence-electron chi connectivity index (χ0n) is 13.9. The molecule has 2 fully saturated rings. The SMILES string of the molecule is CC(C)CN1CCC(NCC(C)CN2CCCC2)CC1. The van der Waals surface area contributed by atoms with Crippen molar-refractivity contribution in [1.82, 2.24) is 15.1 Å². The van der Waals surface area contributed by atoms with Crippen molar-refractivity contribution < 1.29 is 0 Å². The van der Waals surface area contributed by atoms with E-state index in [4.69, 9.17) is 0 Å². The van der Waals surface area contributed by atoms with Gasteiger partial charge in [-0.3, -0.25) is 0 Å². The summed E-state index contributed by atoms with van der Waals surface area (Å²) < 4.78 is 0. The lowest BCUT2D eigenvalue weighted by Gasteiger charge is -2.34. The van der Waals surface area contributed by atoms with Crippen LogP contribution in [0.3, 0.4) is 0 Å². The molecule has 118 valence electrons. The Kier molecular flexibility index (Phi) is 6.79. The van der Waals surface area contributed by atoms with Crippen molar-refractivity contribution >= 4 is 0 Å². The topological polar surface area (TPSA) is 18.5 Å². The van der Waals surface area contributed by atoms with Gasteiger partial charge in [0.15, 0.2) is 0 Å². The van der Waals surface area contributed by atoms with Crippen LogP contribution < -0.4 is 5.32 Å².